The molecule has 0 unspecified atom stereocenters. The number of anilines is 1. The molecule has 8 nitrogen and oxygen atoms in total. The quantitative estimate of drug-likeness (QED) is 0.732. The monoisotopic (exact) mass is 430 g/mol. The second-order valence-electron chi connectivity index (χ2n) is 7.29. The average Bonchev–Trinajstić information content (AvgIpc) is 3.21. The van der Waals surface area contributed by atoms with Crippen molar-refractivity contribution in [3.8, 4) is 11.5 Å². The number of sulfonamides is 1. The minimum absolute atomic E-state index is 0.0679. The maximum atomic E-state index is 12.8. The molecule has 9 heteroatoms. The van der Waals surface area contributed by atoms with E-state index >= 15 is 0 Å². The van der Waals surface area contributed by atoms with E-state index in [0.717, 1.165) is 0 Å². The highest BCUT2D eigenvalue weighted by atomic mass is 32.2. The number of hydrogen-bond acceptors (Lipinski definition) is 6. The van der Waals surface area contributed by atoms with E-state index < -0.39 is 10.0 Å². The minimum Gasteiger partial charge on any atom is -0.454 e. The first-order valence-electron chi connectivity index (χ1n) is 9.67. The first-order chi connectivity index (χ1) is 14.4. The van der Waals surface area contributed by atoms with Crippen LogP contribution in [0.1, 0.15) is 30.1 Å². The van der Waals surface area contributed by atoms with E-state index in [1.807, 2.05) is 0 Å². The van der Waals surface area contributed by atoms with Gasteiger partial charge in [0.15, 0.2) is 17.3 Å². The second kappa shape index (κ2) is 8.08. The van der Waals surface area contributed by atoms with Gasteiger partial charge in [0, 0.05) is 30.6 Å². The Hall–Kier alpha value is -2.91. The van der Waals surface area contributed by atoms with Gasteiger partial charge in [-0.05, 0) is 38.0 Å². The number of carbonyl (C=O) groups excluding carboxylic acids is 2. The molecule has 2 aliphatic rings. The smallest absolute Gasteiger partial charge is 0.243 e. The van der Waals surface area contributed by atoms with E-state index in [0.29, 0.717) is 35.6 Å². The van der Waals surface area contributed by atoms with Crippen molar-refractivity contribution < 1.29 is 27.5 Å². The van der Waals surface area contributed by atoms with Gasteiger partial charge in [0.25, 0.3) is 0 Å². The van der Waals surface area contributed by atoms with E-state index in [9.17, 15) is 18.0 Å². The van der Waals surface area contributed by atoms with Crippen molar-refractivity contribution in [1.29, 1.82) is 0 Å². The van der Waals surface area contributed by atoms with E-state index in [-0.39, 0.29) is 42.4 Å². The Balaban J connectivity index is 1.44. The summed E-state index contributed by atoms with van der Waals surface area (Å²) in [7, 11) is -3.57. The zero-order chi connectivity index (χ0) is 21.3. The normalized spacial score (nSPS) is 17.0. The third-order valence-corrected chi connectivity index (χ3v) is 7.27. The number of hydrogen-bond donors (Lipinski definition) is 1. The third kappa shape index (κ3) is 3.90. The van der Waals surface area contributed by atoms with Crippen LogP contribution in [-0.4, -0.2) is 44.3 Å². The van der Waals surface area contributed by atoms with Crippen LogP contribution in [-0.2, 0) is 14.8 Å². The zero-order valence-corrected chi connectivity index (χ0v) is 17.3. The molecule has 0 bridgehead atoms. The zero-order valence-electron chi connectivity index (χ0n) is 16.5. The van der Waals surface area contributed by atoms with Gasteiger partial charge < -0.3 is 14.8 Å². The number of carbonyl (C=O) groups is 2. The Labute approximate surface area is 174 Å². The molecule has 2 heterocycles. The topological polar surface area (TPSA) is 102 Å². The molecule has 0 spiro atoms. The lowest BCUT2D eigenvalue weighted by Crippen LogP contribution is -2.41. The van der Waals surface area contributed by atoms with E-state index in [1.54, 1.807) is 42.5 Å². The number of fused-ring (bicyclic) bond motifs is 1. The summed E-state index contributed by atoms with van der Waals surface area (Å²) in [5, 5.41) is 2.81. The van der Waals surface area contributed by atoms with Crippen LogP contribution in [0.25, 0.3) is 0 Å². The first-order valence-corrected chi connectivity index (χ1v) is 11.1. The number of nitrogens with one attached hydrogen (secondary N) is 1. The summed E-state index contributed by atoms with van der Waals surface area (Å²) in [4.78, 5) is 25.0. The molecule has 2 aromatic rings. The van der Waals surface area contributed by atoms with Crippen LogP contribution in [0.2, 0.25) is 0 Å². The minimum atomic E-state index is -3.57. The largest absolute Gasteiger partial charge is 0.454 e. The van der Waals surface area contributed by atoms with Gasteiger partial charge in [0.2, 0.25) is 22.7 Å². The SMILES string of the molecule is CC(=O)c1cc2c(cc1NC(=O)C1CCN(S(=O)(=O)c3ccccc3)CC1)OCO2. The van der Waals surface area contributed by atoms with Crippen molar-refractivity contribution in [2.24, 2.45) is 5.92 Å². The number of benzene rings is 2. The number of ketones is 1. The van der Waals surface area contributed by atoms with Crippen LogP contribution in [0.4, 0.5) is 5.69 Å². The maximum Gasteiger partial charge on any atom is 0.243 e. The number of amides is 1. The predicted molar refractivity (Wildman–Crippen MR) is 109 cm³/mol. The highest BCUT2D eigenvalue weighted by Crippen LogP contribution is 2.37. The number of Topliss-reactive ketones (excluding diaryl/α,β-unsaturated/α-hetero) is 1. The van der Waals surface area contributed by atoms with Crippen LogP contribution < -0.4 is 14.8 Å². The summed E-state index contributed by atoms with van der Waals surface area (Å²) >= 11 is 0. The molecule has 1 saturated heterocycles. The Kier molecular flexibility index (Phi) is 5.48. The van der Waals surface area contributed by atoms with Crippen LogP contribution in [0, 0.1) is 5.92 Å². The molecule has 0 atom stereocenters. The molecule has 1 N–H and O–H groups in total. The van der Waals surface area contributed by atoms with Crippen LogP contribution >= 0.6 is 0 Å². The fourth-order valence-corrected chi connectivity index (χ4v) is 5.16. The standard InChI is InChI=1S/C21H22N2O6S/c1-14(24)17-11-19-20(29-13-28-19)12-18(17)22-21(25)15-7-9-23(10-8-15)30(26,27)16-5-3-2-4-6-16/h2-6,11-12,15H,7-10,13H2,1H3,(H,22,25). The van der Waals surface area contributed by atoms with Crippen molar-refractivity contribution in [3.05, 3.63) is 48.0 Å². The fraction of sp³-hybridized carbons (Fsp3) is 0.333. The van der Waals surface area contributed by atoms with E-state index in [1.165, 1.54) is 11.2 Å². The number of rotatable bonds is 5. The Bertz CT molecular complexity index is 1080. The van der Waals surface area contributed by atoms with Gasteiger partial charge in [-0.25, -0.2) is 8.42 Å². The first kappa shape index (κ1) is 20.4. The summed E-state index contributed by atoms with van der Waals surface area (Å²) < 4.78 is 37.5. The number of piperidine rings is 1. The van der Waals surface area contributed by atoms with Gasteiger partial charge in [0.05, 0.1) is 10.6 Å². The summed E-state index contributed by atoms with van der Waals surface area (Å²) in [6.45, 7) is 2.00. The van der Waals surface area contributed by atoms with Crippen molar-refractivity contribution in [3.63, 3.8) is 0 Å². The lowest BCUT2D eigenvalue weighted by Gasteiger charge is -2.30. The Morgan fingerprint density at radius 2 is 1.67 bits per heavy atom. The molecule has 0 radical (unpaired) electrons. The predicted octanol–water partition coefficient (Wildman–Crippen LogP) is 2.66. The van der Waals surface area contributed by atoms with Gasteiger partial charge in [-0.3, -0.25) is 9.59 Å². The van der Waals surface area contributed by atoms with Gasteiger partial charge in [-0.2, -0.15) is 4.31 Å². The van der Waals surface area contributed by atoms with E-state index in [4.69, 9.17) is 9.47 Å². The lowest BCUT2D eigenvalue weighted by atomic mass is 9.96. The van der Waals surface area contributed by atoms with Crippen molar-refractivity contribution >= 4 is 27.4 Å². The van der Waals surface area contributed by atoms with Gasteiger partial charge >= 0.3 is 0 Å². The summed E-state index contributed by atoms with van der Waals surface area (Å²) in [5.74, 6) is 0.148. The Morgan fingerprint density at radius 1 is 1.03 bits per heavy atom. The van der Waals surface area contributed by atoms with E-state index in [2.05, 4.69) is 5.32 Å². The van der Waals surface area contributed by atoms with Gasteiger partial charge in [0.1, 0.15) is 0 Å². The lowest BCUT2D eigenvalue weighted by molar-refractivity contribution is -0.120. The molecule has 2 aliphatic heterocycles. The van der Waals surface area contributed by atoms with Crippen LogP contribution in [0.5, 0.6) is 11.5 Å². The van der Waals surface area contributed by atoms with Crippen molar-refractivity contribution in [1.82, 2.24) is 4.31 Å². The molecule has 158 valence electrons. The molecule has 0 aliphatic carbocycles. The highest BCUT2D eigenvalue weighted by molar-refractivity contribution is 7.89. The molecular formula is C21H22N2O6S. The molecule has 30 heavy (non-hydrogen) atoms. The molecule has 4 rings (SSSR count). The molecule has 1 amide bonds. The van der Waals surface area contributed by atoms with Gasteiger partial charge in [-0.1, -0.05) is 18.2 Å². The molecule has 0 saturated carbocycles. The maximum absolute atomic E-state index is 12.8. The summed E-state index contributed by atoms with van der Waals surface area (Å²) in [5.41, 5.74) is 0.716. The second-order valence-corrected chi connectivity index (χ2v) is 9.23. The summed E-state index contributed by atoms with van der Waals surface area (Å²) in [6.07, 6.45) is 0.801. The van der Waals surface area contributed by atoms with Gasteiger partial charge in [-0.15, -0.1) is 0 Å². The Morgan fingerprint density at radius 3 is 2.30 bits per heavy atom. The van der Waals surface area contributed by atoms with Crippen molar-refractivity contribution in [2.45, 2.75) is 24.7 Å². The third-order valence-electron chi connectivity index (χ3n) is 5.36. The molecule has 2 aromatic carbocycles. The van der Waals surface area contributed by atoms with Crippen LogP contribution in [0.15, 0.2) is 47.4 Å². The molecular weight excluding hydrogens is 408 g/mol. The van der Waals surface area contributed by atoms with Crippen LogP contribution in [0.3, 0.4) is 0 Å². The number of ether oxygens (including phenoxy) is 2. The average molecular weight is 430 g/mol. The van der Waals surface area contributed by atoms with Crippen molar-refractivity contribution in [2.75, 3.05) is 25.2 Å². The molecule has 1 fully saturated rings. The fourth-order valence-electron chi connectivity index (χ4n) is 3.67. The number of nitrogens with zero attached hydrogens (tertiary/aromatic N) is 1. The highest BCUT2D eigenvalue weighted by Gasteiger charge is 2.32. The molecule has 0 aromatic heterocycles. The summed E-state index contributed by atoms with van der Waals surface area (Å²) in [6, 6.07) is 11.4.